The van der Waals surface area contributed by atoms with Crippen LogP contribution >= 0.6 is 0 Å². The molecule has 0 radical (unpaired) electrons. The molecule has 7 nitrogen and oxygen atoms in total. The number of anilines is 2. The normalized spacial score (nSPS) is 18.0. The molecule has 0 bridgehead atoms. The van der Waals surface area contributed by atoms with Crippen LogP contribution in [0.4, 0.5) is 11.6 Å². The van der Waals surface area contributed by atoms with Gasteiger partial charge in [0.1, 0.15) is 5.75 Å². The number of hydrogen-bond donors (Lipinski definition) is 2. The topological polar surface area (TPSA) is 103 Å². The van der Waals surface area contributed by atoms with Gasteiger partial charge < -0.3 is 15.8 Å². The number of nitrogen functional groups attached to an aromatic ring is 1. The van der Waals surface area contributed by atoms with Crippen molar-refractivity contribution in [3.05, 3.63) is 41.6 Å². The van der Waals surface area contributed by atoms with Gasteiger partial charge in [0.15, 0.2) is 5.78 Å². The minimum Gasteiger partial charge on any atom is -0.496 e. The smallest absolute Gasteiger partial charge is 0.219 e. The number of carbonyl (C=O) groups excluding carboxylic acids is 1. The van der Waals surface area contributed by atoms with E-state index >= 15 is 0 Å². The van der Waals surface area contributed by atoms with E-state index in [1.54, 1.807) is 13.2 Å². The highest BCUT2D eigenvalue weighted by atomic mass is 16.6. The summed E-state index contributed by atoms with van der Waals surface area (Å²) in [5.41, 5.74) is 7.36. The fourth-order valence-electron chi connectivity index (χ4n) is 2.64. The molecule has 1 heterocycles. The zero-order valence-corrected chi connectivity index (χ0v) is 12.1. The molecule has 0 saturated heterocycles. The van der Waals surface area contributed by atoms with Crippen LogP contribution in [0, 0.1) is 0 Å². The molecule has 1 aliphatic rings. The molecule has 1 aromatic carbocycles. The minimum absolute atomic E-state index is 0.0391. The minimum atomic E-state index is 0.0391. The molecule has 0 fully saturated rings. The molecule has 3 rings (SSSR count). The third-order valence-electron chi connectivity index (χ3n) is 3.62. The molecule has 22 heavy (non-hydrogen) atoms. The first kappa shape index (κ1) is 14.1. The number of ether oxygens (including phenoxy) is 1. The Morgan fingerprint density at radius 1 is 1.32 bits per heavy atom. The second-order valence-electron chi connectivity index (χ2n) is 5.11. The van der Waals surface area contributed by atoms with Gasteiger partial charge in [0.05, 0.1) is 7.11 Å². The predicted molar refractivity (Wildman–Crippen MR) is 80.4 cm³/mol. The van der Waals surface area contributed by atoms with Crippen molar-refractivity contribution in [2.24, 2.45) is 0 Å². The lowest BCUT2D eigenvalue weighted by Crippen LogP contribution is -2.17. The van der Waals surface area contributed by atoms with Gasteiger partial charge in [-0.2, -0.15) is 0 Å². The molecule has 1 atom stereocenters. The largest absolute Gasteiger partial charge is 0.496 e. The van der Waals surface area contributed by atoms with E-state index in [1.165, 1.54) is 0 Å². The Bertz CT molecular complexity index is 723. The molecular weight excluding hydrogens is 284 g/mol. The molecule has 1 unspecified atom stereocenters. The second-order valence-corrected chi connectivity index (χ2v) is 5.11. The quantitative estimate of drug-likeness (QED) is 0.891. The van der Waals surface area contributed by atoms with Gasteiger partial charge >= 0.3 is 0 Å². The zero-order valence-electron chi connectivity index (χ0n) is 12.1. The number of benzene rings is 1. The third kappa shape index (κ3) is 2.78. The summed E-state index contributed by atoms with van der Waals surface area (Å²) in [6, 6.07) is 7.72. The van der Waals surface area contributed by atoms with Crippen molar-refractivity contribution in [2.75, 3.05) is 18.2 Å². The first-order chi connectivity index (χ1) is 10.7. The Morgan fingerprint density at radius 2 is 2.14 bits per heavy atom. The summed E-state index contributed by atoms with van der Waals surface area (Å²) in [6.07, 6.45) is 2.66. The van der Waals surface area contributed by atoms with Gasteiger partial charge in [0.25, 0.3) is 0 Å². The standard InChI is InChI=1S/C15H16N4O3/c1-21-13-5-3-2-4-12(13)9-6-10(8-11(20)7-9)17-15-14(16)18-22-19-15/h2-5,8-9H,6-7H2,1H3,(H2,16,18)(H,17,19). The van der Waals surface area contributed by atoms with E-state index in [0.29, 0.717) is 18.7 Å². The summed E-state index contributed by atoms with van der Waals surface area (Å²) < 4.78 is 9.93. The number of methoxy groups -OCH3 is 1. The number of para-hydroxylation sites is 1. The first-order valence-corrected chi connectivity index (χ1v) is 6.88. The Labute approximate surface area is 127 Å². The van der Waals surface area contributed by atoms with E-state index in [9.17, 15) is 4.79 Å². The van der Waals surface area contributed by atoms with Crippen LogP contribution in [0.5, 0.6) is 5.75 Å². The molecule has 0 saturated carbocycles. The summed E-state index contributed by atoms with van der Waals surface area (Å²) in [5.74, 6) is 1.34. The van der Waals surface area contributed by atoms with Crippen LogP contribution in [0.3, 0.4) is 0 Å². The SMILES string of the molecule is COc1ccccc1C1CC(=O)C=C(Nc2nonc2N)C1. The van der Waals surface area contributed by atoms with Crippen LogP contribution in [0.15, 0.2) is 40.7 Å². The van der Waals surface area contributed by atoms with E-state index in [1.807, 2.05) is 24.3 Å². The van der Waals surface area contributed by atoms with Gasteiger partial charge in [0.2, 0.25) is 11.6 Å². The Hall–Kier alpha value is -2.83. The van der Waals surface area contributed by atoms with Gasteiger partial charge in [-0.3, -0.25) is 4.79 Å². The van der Waals surface area contributed by atoms with Gasteiger partial charge in [-0.05, 0) is 28.4 Å². The summed E-state index contributed by atoms with van der Waals surface area (Å²) in [5, 5.41) is 10.2. The Kier molecular flexibility index (Phi) is 3.78. The number of carbonyl (C=O) groups is 1. The number of nitrogens with one attached hydrogen (secondary N) is 1. The highest BCUT2D eigenvalue weighted by Gasteiger charge is 2.25. The van der Waals surface area contributed by atoms with Gasteiger partial charge in [0, 0.05) is 24.1 Å². The summed E-state index contributed by atoms with van der Waals surface area (Å²) >= 11 is 0. The van der Waals surface area contributed by atoms with E-state index < -0.39 is 0 Å². The lowest BCUT2D eigenvalue weighted by atomic mass is 9.85. The maximum absolute atomic E-state index is 12.0. The van der Waals surface area contributed by atoms with Crippen molar-refractivity contribution in [1.29, 1.82) is 0 Å². The van der Waals surface area contributed by atoms with Crippen LogP contribution in [-0.4, -0.2) is 23.2 Å². The van der Waals surface area contributed by atoms with Gasteiger partial charge in [-0.15, -0.1) is 0 Å². The zero-order chi connectivity index (χ0) is 15.5. The van der Waals surface area contributed by atoms with E-state index in [0.717, 1.165) is 17.0 Å². The predicted octanol–water partition coefficient (Wildman–Crippen LogP) is 2.10. The lowest BCUT2D eigenvalue weighted by Gasteiger charge is -2.24. The van der Waals surface area contributed by atoms with Crippen LogP contribution < -0.4 is 15.8 Å². The first-order valence-electron chi connectivity index (χ1n) is 6.88. The molecule has 7 heteroatoms. The lowest BCUT2D eigenvalue weighted by molar-refractivity contribution is -0.115. The Balaban J connectivity index is 1.83. The molecule has 0 amide bonds. The molecule has 2 aromatic rings. The molecule has 1 aromatic heterocycles. The number of nitrogens with zero attached hydrogens (tertiary/aromatic N) is 2. The van der Waals surface area contributed by atoms with Crippen LogP contribution in [0.25, 0.3) is 0 Å². The molecule has 114 valence electrons. The van der Waals surface area contributed by atoms with E-state index in [-0.39, 0.29) is 17.5 Å². The van der Waals surface area contributed by atoms with Crippen molar-refractivity contribution < 1.29 is 14.2 Å². The summed E-state index contributed by atoms with van der Waals surface area (Å²) in [4.78, 5) is 12.0. The third-order valence-corrected chi connectivity index (χ3v) is 3.62. The summed E-state index contributed by atoms with van der Waals surface area (Å²) in [6.45, 7) is 0. The maximum atomic E-state index is 12.0. The maximum Gasteiger partial charge on any atom is 0.219 e. The molecule has 0 aliphatic heterocycles. The van der Waals surface area contributed by atoms with E-state index in [2.05, 4.69) is 20.3 Å². The summed E-state index contributed by atoms with van der Waals surface area (Å²) in [7, 11) is 1.63. The highest BCUT2D eigenvalue weighted by Crippen LogP contribution is 2.36. The van der Waals surface area contributed by atoms with Crippen LogP contribution in [-0.2, 0) is 4.79 Å². The van der Waals surface area contributed by atoms with E-state index in [4.69, 9.17) is 10.5 Å². The van der Waals surface area contributed by atoms with Crippen molar-refractivity contribution in [3.8, 4) is 5.75 Å². The van der Waals surface area contributed by atoms with Crippen LogP contribution in [0.1, 0.15) is 24.3 Å². The number of allylic oxidation sites excluding steroid dienone is 2. The highest BCUT2D eigenvalue weighted by molar-refractivity contribution is 5.92. The number of rotatable bonds is 4. The van der Waals surface area contributed by atoms with Crippen molar-refractivity contribution in [2.45, 2.75) is 18.8 Å². The molecule has 0 spiro atoms. The average molecular weight is 300 g/mol. The number of hydrogen-bond acceptors (Lipinski definition) is 7. The van der Waals surface area contributed by atoms with Crippen molar-refractivity contribution in [3.63, 3.8) is 0 Å². The fourth-order valence-corrected chi connectivity index (χ4v) is 2.64. The average Bonchev–Trinajstić information content (AvgIpc) is 2.92. The number of nitrogens with two attached hydrogens (primary N) is 1. The molecular formula is C15H16N4O3. The van der Waals surface area contributed by atoms with Gasteiger partial charge in [-0.1, -0.05) is 18.2 Å². The van der Waals surface area contributed by atoms with Crippen LogP contribution in [0.2, 0.25) is 0 Å². The second kappa shape index (κ2) is 5.88. The van der Waals surface area contributed by atoms with Crippen molar-refractivity contribution in [1.82, 2.24) is 10.3 Å². The number of aromatic nitrogens is 2. The molecule has 1 aliphatic carbocycles. The van der Waals surface area contributed by atoms with Crippen molar-refractivity contribution >= 4 is 17.4 Å². The fraction of sp³-hybridized carbons (Fsp3) is 0.267. The van der Waals surface area contributed by atoms with Gasteiger partial charge in [-0.25, -0.2) is 4.63 Å². The monoisotopic (exact) mass is 300 g/mol. The molecule has 3 N–H and O–H groups in total. The number of ketones is 1. The Morgan fingerprint density at radius 3 is 2.86 bits per heavy atom.